The Balaban J connectivity index is 1.58. The van der Waals surface area contributed by atoms with Crippen LogP contribution in [-0.4, -0.2) is 45.3 Å². The summed E-state index contributed by atoms with van der Waals surface area (Å²) < 4.78 is 0.724. The number of hydrogen-bond acceptors (Lipinski definition) is 6. The van der Waals surface area contributed by atoms with Crippen LogP contribution in [0, 0.1) is 6.92 Å². The van der Waals surface area contributed by atoms with Crippen molar-refractivity contribution < 1.29 is 9.59 Å². The van der Waals surface area contributed by atoms with E-state index < -0.39 is 0 Å². The average Bonchev–Trinajstić information content (AvgIpc) is 3.38. The lowest BCUT2D eigenvalue weighted by Crippen LogP contribution is -2.32. The van der Waals surface area contributed by atoms with Gasteiger partial charge in [0.05, 0.1) is 5.75 Å². The largest absolute Gasteiger partial charge is 0.338 e. The fraction of sp³-hybridized carbons (Fsp3) is 0.500. The topological polar surface area (TPSA) is 66.4 Å². The molecular formula is C20H26N4O2S2. The van der Waals surface area contributed by atoms with E-state index in [1.54, 1.807) is 11.8 Å². The molecule has 1 aliphatic rings. The lowest BCUT2D eigenvalue weighted by atomic mass is 10.1. The molecule has 0 saturated heterocycles. The zero-order valence-corrected chi connectivity index (χ0v) is 18.2. The van der Waals surface area contributed by atoms with Crippen LogP contribution in [0.25, 0.3) is 0 Å². The third-order valence-electron chi connectivity index (χ3n) is 4.51. The predicted octanol–water partition coefficient (Wildman–Crippen LogP) is 3.89. The molecule has 8 heteroatoms. The molecule has 1 fully saturated rings. The second-order valence-corrected chi connectivity index (χ2v) is 9.24. The van der Waals surface area contributed by atoms with E-state index in [0.29, 0.717) is 17.4 Å². The monoisotopic (exact) mass is 418 g/mol. The summed E-state index contributed by atoms with van der Waals surface area (Å²) in [6, 6.07) is 8.55. The number of hydrogen-bond donors (Lipinski definition) is 0. The van der Waals surface area contributed by atoms with Crippen molar-refractivity contribution in [3.8, 4) is 0 Å². The Morgan fingerprint density at radius 2 is 1.93 bits per heavy atom. The maximum absolute atomic E-state index is 12.7. The van der Waals surface area contributed by atoms with Crippen molar-refractivity contribution >= 4 is 40.0 Å². The average molecular weight is 419 g/mol. The Bertz CT molecular complexity index is 818. The highest BCUT2D eigenvalue weighted by atomic mass is 32.2. The highest BCUT2D eigenvalue weighted by Gasteiger charge is 2.34. The second-order valence-electron chi connectivity index (χ2n) is 7.06. The van der Waals surface area contributed by atoms with Crippen LogP contribution in [-0.2, 0) is 16.1 Å². The molecule has 1 saturated carbocycles. The third kappa shape index (κ3) is 5.54. The van der Waals surface area contributed by atoms with E-state index in [4.69, 9.17) is 0 Å². The minimum atomic E-state index is -0.00139. The molecule has 1 heterocycles. The predicted molar refractivity (Wildman–Crippen MR) is 114 cm³/mol. The van der Waals surface area contributed by atoms with Crippen molar-refractivity contribution in [2.75, 3.05) is 17.2 Å². The van der Waals surface area contributed by atoms with Gasteiger partial charge in [-0.1, -0.05) is 59.9 Å². The van der Waals surface area contributed by atoms with E-state index in [1.807, 2.05) is 4.90 Å². The highest BCUT2D eigenvalue weighted by molar-refractivity contribution is 8.01. The molecule has 6 nitrogen and oxygen atoms in total. The van der Waals surface area contributed by atoms with Crippen LogP contribution in [0.1, 0.15) is 44.2 Å². The van der Waals surface area contributed by atoms with Crippen LogP contribution in [0.3, 0.4) is 0 Å². The molecule has 0 bridgehead atoms. The second kappa shape index (κ2) is 9.52. The van der Waals surface area contributed by atoms with Gasteiger partial charge in [0.2, 0.25) is 16.9 Å². The van der Waals surface area contributed by atoms with E-state index >= 15 is 0 Å². The smallest absolute Gasteiger partial charge is 0.233 e. The fourth-order valence-electron chi connectivity index (χ4n) is 2.93. The Morgan fingerprint density at radius 3 is 2.54 bits per heavy atom. The van der Waals surface area contributed by atoms with Crippen LogP contribution in [0.2, 0.25) is 0 Å². The minimum Gasteiger partial charge on any atom is -0.338 e. The summed E-state index contributed by atoms with van der Waals surface area (Å²) in [5.74, 6) is 0.414. The number of anilines is 1. The van der Waals surface area contributed by atoms with Gasteiger partial charge in [-0.05, 0) is 31.7 Å². The van der Waals surface area contributed by atoms with Gasteiger partial charge in [-0.2, -0.15) is 0 Å². The zero-order valence-electron chi connectivity index (χ0n) is 16.6. The molecule has 1 aromatic carbocycles. The van der Waals surface area contributed by atoms with Gasteiger partial charge in [0.1, 0.15) is 0 Å². The number of benzene rings is 1. The summed E-state index contributed by atoms with van der Waals surface area (Å²) in [7, 11) is 0. The minimum absolute atomic E-state index is 0.00139. The van der Waals surface area contributed by atoms with Crippen molar-refractivity contribution in [3.05, 3.63) is 35.4 Å². The first kappa shape index (κ1) is 20.8. The molecule has 0 unspecified atom stereocenters. The summed E-state index contributed by atoms with van der Waals surface area (Å²) in [5.41, 5.74) is 2.35. The molecule has 0 spiro atoms. The van der Waals surface area contributed by atoms with E-state index in [0.717, 1.165) is 35.7 Å². The summed E-state index contributed by atoms with van der Waals surface area (Å²) >= 11 is 2.78. The summed E-state index contributed by atoms with van der Waals surface area (Å²) in [4.78, 5) is 28.2. The van der Waals surface area contributed by atoms with Crippen molar-refractivity contribution in [2.24, 2.45) is 0 Å². The lowest BCUT2D eigenvalue weighted by Gasteiger charge is -2.22. The first-order chi connectivity index (χ1) is 13.5. The van der Waals surface area contributed by atoms with E-state index in [-0.39, 0.29) is 17.9 Å². The molecule has 0 N–H and O–H groups in total. The van der Waals surface area contributed by atoms with Crippen LogP contribution in [0.4, 0.5) is 5.13 Å². The molecule has 28 heavy (non-hydrogen) atoms. The molecule has 0 aliphatic heterocycles. The summed E-state index contributed by atoms with van der Waals surface area (Å²) in [5, 5.41) is 8.96. The SMILES string of the molecule is CCCN(Cc1ccc(C)cc1)C(=O)CSc1nnc(N(C(C)=O)C2CC2)s1. The fourth-order valence-corrected chi connectivity index (χ4v) is 4.79. The molecule has 1 aromatic heterocycles. The molecule has 150 valence electrons. The number of aromatic nitrogens is 2. The van der Waals surface area contributed by atoms with Crippen molar-refractivity contribution in [1.29, 1.82) is 0 Å². The van der Waals surface area contributed by atoms with Crippen LogP contribution in [0.15, 0.2) is 28.6 Å². The molecule has 0 radical (unpaired) electrons. The number of carbonyl (C=O) groups excluding carboxylic acids is 2. The Kier molecular flexibility index (Phi) is 7.07. The van der Waals surface area contributed by atoms with Crippen molar-refractivity contribution in [2.45, 2.75) is 57.0 Å². The lowest BCUT2D eigenvalue weighted by molar-refractivity contribution is -0.129. The normalized spacial score (nSPS) is 13.4. The standard InChI is InChI=1S/C20H26N4O2S2/c1-4-11-23(12-16-7-5-14(2)6-8-16)18(26)13-27-20-22-21-19(28-20)24(15(3)25)17-9-10-17/h5-8,17H,4,9-13H2,1-3H3. The Morgan fingerprint density at radius 1 is 1.21 bits per heavy atom. The number of amides is 2. The van der Waals surface area contributed by atoms with Gasteiger partial charge in [-0.25, -0.2) is 0 Å². The Labute approximate surface area is 174 Å². The maximum atomic E-state index is 12.7. The number of aryl methyl sites for hydroxylation is 1. The molecular weight excluding hydrogens is 392 g/mol. The van der Waals surface area contributed by atoms with E-state index in [9.17, 15) is 9.59 Å². The number of carbonyl (C=O) groups is 2. The van der Waals surface area contributed by atoms with Crippen LogP contribution < -0.4 is 4.90 Å². The zero-order chi connectivity index (χ0) is 20.1. The van der Waals surface area contributed by atoms with Gasteiger partial charge in [0.15, 0.2) is 4.34 Å². The van der Waals surface area contributed by atoms with Crippen molar-refractivity contribution in [1.82, 2.24) is 15.1 Å². The maximum Gasteiger partial charge on any atom is 0.233 e. The van der Waals surface area contributed by atoms with Crippen molar-refractivity contribution in [3.63, 3.8) is 0 Å². The quantitative estimate of drug-likeness (QED) is 0.456. The molecule has 2 amide bonds. The molecule has 1 aliphatic carbocycles. The van der Waals surface area contributed by atoms with Gasteiger partial charge in [0, 0.05) is 26.1 Å². The number of rotatable bonds is 9. The van der Waals surface area contributed by atoms with Gasteiger partial charge in [0.25, 0.3) is 0 Å². The number of nitrogens with zero attached hydrogens (tertiary/aromatic N) is 4. The summed E-state index contributed by atoms with van der Waals surface area (Å²) in [6.45, 7) is 7.04. The first-order valence-corrected chi connectivity index (χ1v) is 11.4. The van der Waals surface area contributed by atoms with E-state index in [2.05, 4.69) is 48.3 Å². The third-order valence-corrected chi connectivity index (χ3v) is 6.55. The van der Waals surface area contributed by atoms with Crippen LogP contribution >= 0.6 is 23.1 Å². The molecule has 2 aromatic rings. The van der Waals surface area contributed by atoms with Gasteiger partial charge in [-0.15, -0.1) is 10.2 Å². The highest BCUT2D eigenvalue weighted by Crippen LogP contribution is 2.35. The molecule has 0 atom stereocenters. The number of thioether (sulfide) groups is 1. The van der Waals surface area contributed by atoms with Gasteiger partial charge >= 0.3 is 0 Å². The van der Waals surface area contributed by atoms with Crippen LogP contribution in [0.5, 0.6) is 0 Å². The molecule has 3 rings (SSSR count). The Hall–Kier alpha value is -1.93. The summed E-state index contributed by atoms with van der Waals surface area (Å²) in [6.07, 6.45) is 2.95. The van der Waals surface area contributed by atoms with Gasteiger partial charge in [-0.3, -0.25) is 14.5 Å². The van der Waals surface area contributed by atoms with E-state index in [1.165, 1.54) is 28.7 Å². The first-order valence-electron chi connectivity index (χ1n) is 9.57. The van der Waals surface area contributed by atoms with Gasteiger partial charge < -0.3 is 4.90 Å².